The van der Waals surface area contributed by atoms with Crippen LogP contribution in [0.15, 0.2) is 34.9 Å². The summed E-state index contributed by atoms with van der Waals surface area (Å²) in [5.41, 5.74) is 2.47. The Morgan fingerprint density at radius 3 is 2.35 bits per heavy atom. The van der Waals surface area contributed by atoms with Crippen molar-refractivity contribution in [1.29, 1.82) is 0 Å². The lowest BCUT2D eigenvalue weighted by atomic mass is 10.0. The maximum absolute atomic E-state index is 5.79. The normalized spacial score (nSPS) is 12.1. The molecule has 0 radical (unpaired) electrons. The second kappa shape index (κ2) is 5.80. The van der Waals surface area contributed by atoms with Crippen LogP contribution in [0.5, 0.6) is 0 Å². The van der Waals surface area contributed by atoms with E-state index in [1.54, 1.807) is 6.20 Å². The number of hydrogen-bond acceptors (Lipinski definition) is 3. The fourth-order valence-corrected chi connectivity index (χ4v) is 1.90. The molecule has 2 aromatic rings. The Morgan fingerprint density at radius 1 is 1.15 bits per heavy atom. The van der Waals surface area contributed by atoms with Crippen LogP contribution in [0, 0.1) is 0 Å². The van der Waals surface area contributed by atoms with Gasteiger partial charge in [0.05, 0.1) is 12.7 Å². The first-order valence-electron chi connectivity index (χ1n) is 7.15. The molecule has 0 aliphatic heterocycles. The lowest BCUT2D eigenvalue weighted by Gasteiger charge is -2.18. The molecule has 1 heterocycles. The molecule has 1 aromatic carbocycles. The second-order valence-electron chi connectivity index (χ2n) is 6.50. The standard InChI is InChI=1S/C17H24N2O/c1-12(2)13-6-8-14(9-7-13)15-10-18-16(20-15)11-19-17(3,4)5/h6-10,12,19H,11H2,1-5H3. The first-order chi connectivity index (χ1) is 9.35. The van der Waals surface area contributed by atoms with Gasteiger partial charge in [0.1, 0.15) is 0 Å². The number of rotatable bonds is 4. The molecule has 1 N–H and O–H groups in total. The van der Waals surface area contributed by atoms with E-state index in [9.17, 15) is 0 Å². The van der Waals surface area contributed by atoms with Crippen molar-refractivity contribution in [3.63, 3.8) is 0 Å². The zero-order valence-electron chi connectivity index (χ0n) is 13.0. The average Bonchev–Trinajstić information content (AvgIpc) is 2.84. The molecule has 3 heteroatoms. The third kappa shape index (κ3) is 3.94. The molecule has 0 bridgehead atoms. The maximum atomic E-state index is 5.79. The van der Waals surface area contributed by atoms with Crippen LogP contribution in [-0.4, -0.2) is 10.5 Å². The van der Waals surface area contributed by atoms with Crippen molar-refractivity contribution >= 4 is 0 Å². The lowest BCUT2D eigenvalue weighted by Crippen LogP contribution is -2.35. The summed E-state index contributed by atoms with van der Waals surface area (Å²) in [7, 11) is 0. The number of oxazole rings is 1. The summed E-state index contributed by atoms with van der Waals surface area (Å²) in [5, 5.41) is 3.37. The van der Waals surface area contributed by atoms with E-state index in [-0.39, 0.29) is 5.54 Å². The summed E-state index contributed by atoms with van der Waals surface area (Å²) >= 11 is 0. The summed E-state index contributed by atoms with van der Waals surface area (Å²) in [6.45, 7) is 11.4. The van der Waals surface area contributed by atoms with E-state index < -0.39 is 0 Å². The number of nitrogens with zero attached hydrogens (tertiary/aromatic N) is 1. The second-order valence-corrected chi connectivity index (χ2v) is 6.50. The summed E-state index contributed by atoms with van der Waals surface area (Å²) in [6, 6.07) is 8.48. The van der Waals surface area contributed by atoms with Gasteiger partial charge in [-0.1, -0.05) is 38.1 Å². The van der Waals surface area contributed by atoms with Crippen LogP contribution in [0.4, 0.5) is 0 Å². The zero-order valence-corrected chi connectivity index (χ0v) is 13.0. The van der Waals surface area contributed by atoms with E-state index in [2.05, 4.69) is 69.2 Å². The van der Waals surface area contributed by atoms with Gasteiger partial charge in [-0.05, 0) is 32.3 Å². The maximum Gasteiger partial charge on any atom is 0.208 e. The van der Waals surface area contributed by atoms with Crippen LogP contribution < -0.4 is 5.32 Å². The molecule has 108 valence electrons. The van der Waals surface area contributed by atoms with Crippen molar-refractivity contribution in [3.8, 4) is 11.3 Å². The van der Waals surface area contributed by atoms with Gasteiger partial charge in [0.25, 0.3) is 0 Å². The molecule has 0 aliphatic rings. The molecule has 0 saturated carbocycles. The van der Waals surface area contributed by atoms with E-state index in [4.69, 9.17) is 4.42 Å². The number of benzene rings is 1. The van der Waals surface area contributed by atoms with Crippen LogP contribution in [0.25, 0.3) is 11.3 Å². The fraction of sp³-hybridized carbons (Fsp3) is 0.471. The molecule has 2 rings (SSSR count). The van der Waals surface area contributed by atoms with E-state index in [1.807, 2.05) is 0 Å². The van der Waals surface area contributed by atoms with Crippen molar-refractivity contribution in [2.45, 2.75) is 52.6 Å². The highest BCUT2D eigenvalue weighted by atomic mass is 16.4. The molecule has 3 nitrogen and oxygen atoms in total. The van der Waals surface area contributed by atoms with Gasteiger partial charge in [0.2, 0.25) is 5.89 Å². The Balaban J connectivity index is 2.08. The Morgan fingerprint density at radius 2 is 1.80 bits per heavy atom. The third-order valence-corrected chi connectivity index (χ3v) is 3.19. The zero-order chi connectivity index (χ0) is 14.8. The molecule has 0 fully saturated rings. The van der Waals surface area contributed by atoms with E-state index in [0.717, 1.165) is 17.2 Å². The van der Waals surface area contributed by atoms with Crippen LogP contribution >= 0.6 is 0 Å². The molecule has 0 spiro atoms. The molecular formula is C17H24N2O. The van der Waals surface area contributed by atoms with Crippen molar-refractivity contribution in [2.75, 3.05) is 0 Å². The molecule has 1 aromatic heterocycles. The first-order valence-corrected chi connectivity index (χ1v) is 7.15. The fourth-order valence-electron chi connectivity index (χ4n) is 1.90. The van der Waals surface area contributed by atoms with Crippen molar-refractivity contribution in [3.05, 3.63) is 41.9 Å². The Hall–Kier alpha value is -1.61. The van der Waals surface area contributed by atoms with Gasteiger partial charge >= 0.3 is 0 Å². The minimum atomic E-state index is 0.0630. The molecule has 0 unspecified atom stereocenters. The van der Waals surface area contributed by atoms with E-state index in [0.29, 0.717) is 12.5 Å². The predicted octanol–water partition coefficient (Wildman–Crippen LogP) is 4.35. The Labute approximate surface area is 121 Å². The molecule has 20 heavy (non-hydrogen) atoms. The van der Waals surface area contributed by atoms with Crippen LogP contribution in [0.1, 0.15) is 52.0 Å². The summed E-state index contributed by atoms with van der Waals surface area (Å²) < 4.78 is 5.79. The lowest BCUT2D eigenvalue weighted by molar-refractivity contribution is 0.383. The Kier molecular flexibility index (Phi) is 4.29. The van der Waals surface area contributed by atoms with Gasteiger partial charge in [0.15, 0.2) is 5.76 Å². The highest BCUT2D eigenvalue weighted by Crippen LogP contribution is 2.23. The largest absolute Gasteiger partial charge is 0.439 e. The molecule has 0 aliphatic carbocycles. The molecular weight excluding hydrogens is 248 g/mol. The first kappa shape index (κ1) is 14.8. The van der Waals surface area contributed by atoms with E-state index >= 15 is 0 Å². The summed E-state index contributed by atoms with van der Waals surface area (Å²) in [6.07, 6.45) is 1.80. The number of hydrogen-bond donors (Lipinski definition) is 1. The smallest absolute Gasteiger partial charge is 0.208 e. The monoisotopic (exact) mass is 272 g/mol. The minimum absolute atomic E-state index is 0.0630. The van der Waals surface area contributed by atoms with Crippen LogP contribution in [-0.2, 0) is 6.54 Å². The van der Waals surface area contributed by atoms with Gasteiger partial charge in [0, 0.05) is 11.1 Å². The third-order valence-electron chi connectivity index (χ3n) is 3.19. The van der Waals surface area contributed by atoms with Crippen LogP contribution in [0.3, 0.4) is 0 Å². The van der Waals surface area contributed by atoms with Gasteiger partial charge in [-0.3, -0.25) is 0 Å². The molecule has 0 atom stereocenters. The summed E-state index contributed by atoms with van der Waals surface area (Å²) in [4.78, 5) is 4.32. The van der Waals surface area contributed by atoms with Gasteiger partial charge in [-0.25, -0.2) is 4.98 Å². The summed E-state index contributed by atoms with van der Waals surface area (Å²) in [5.74, 6) is 2.10. The van der Waals surface area contributed by atoms with Crippen molar-refractivity contribution in [2.24, 2.45) is 0 Å². The van der Waals surface area contributed by atoms with Crippen molar-refractivity contribution < 1.29 is 4.42 Å². The highest BCUT2D eigenvalue weighted by Gasteiger charge is 2.12. The predicted molar refractivity (Wildman–Crippen MR) is 82.6 cm³/mol. The minimum Gasteiger partial charge on any atom is -0.439 e. The van der Waals surface area contributed by atoms with Gasteiger partial charge in [-0.15, -0.1) is 0 Å². The van der Waals surface area contributed by atoms with Gasteiger partial charge < -0.3 is 9.73 Å². The SMILES string of the molecule is CC(C)c1ccc(-c2cnc(CNC(C)(C)C)o2)cc1. The molecule has 0 saturated heterocycles. The molecule has 0 amide bonds. The van der Waals surface area contributed by atoms with Gasteiger partial charge in [-0.2, -0.15) is 0 Å². The topological polar surface area (TPSA) is 38.1 Å². The van der Waals surface area contributed by atoms with Crippen molar-refractivity contribution in [1.82, 2.24) is 10.3 Å². The number of nitrogens with one attached hydrogen (secondary N) is 1. The quantitative estimate of drug-likeness (QED) is 0.899. The Bertz CT molecular complexity index is 547. The van der Waals surface area contributed by atoms with Crippen LogP contribution in [0.2, 0.25) is 0 Å². The average molecular weight is 272 g/mol. The van der Waals surface area contributed by atoms with E-state index in [1.165, 1.54) is 5.56 Å². The highest BCUT2D eigenvalue weighted by molar-refractivity contribution is 5.56. The number of aromatic nitrogens is 1.